The van der Waals surface area contributed by atoms with Gasteiger partial charge in [0.15, 0.2) is 5.58 Å². The molecule has 4 heteroatoms. The largest absolute Gasteiger partial charge is 0.439 e. The van der Waals surface area contributed by atoms with Crippen molar-refractivity contribution in [3.05, 3.63) is 30.2 Å². The predicted octanol–water partition coefficient (Wildman–Crippen LogP) is 1.62. The van der Waals surface area contributed by atoms with Crippen molar-refractivity contribution in [1.82, 2.24) is 15.2 Å². The minimum absolute atomic E-state index is 0.634. The average molecular weight is 231 g/mol. The monoisotopic (exact) mass is 231 g/mol. The van der Waals surface area contributed by atoms with Crippen molar-refractivity contribution in [2.24, 2.45) is 0 Å². The third-order valence-electron chi connectivity index (χ3n) is 3.36. The number of hydrogen-bond donors (Lipinski definition) is 1. The van der Waals surface area contributed by atoms with Crippen LogP contribution >= 0.6 is 0 Å². The van der Waals surface area contributed by atoms with Gasteiger partial charge >= 0.3 is 0 Å². The zero-order valence-electron chi connectivity index (χ0n) is 10.0. The molecule has 1 N–H and O–H groups in total. The molecule has 0 bridgehead atoms. The van der Waals surface area contributed by atoms with E-state index in [1.165, 1.54) is 0 Å². The second-order valence-electron chi connectivity index (χ2n) is 4.45. The van der Waals surface area contributed by atoms with Crippen LogP contribution in [0.2, 0.25) is 0 Å². The molecule has 1 saturated heterocycles. The molecule has 1 aliphatic rings. The van der Waals surface area contributed by atoms with E-state index in [-0.39, 0.29) is 0 Å². The van der Waals surface area contributed by atoms with Crippen LogP contribution < -0.4 is 5.32 Å². The maximum Gasteiger partial charge on any atom is 0.209 e. The normalized spacial score (nSPS) is 16.6. The molecule has 2 heterocycles. The lowest BCUT2D eigenvalue weighted by atomic mass is 10.1. The molecule has 1 fully saturated rings. The van der Waals surface area contributed by atoms with Crippen molar-refractivity contribution in [2.45, 2.75) is 19.5 Å². The summed E-state index contributed by atoms with van der Waals surface area (Å²) in [5, 5.41) is 3.30. The first-order valence-electron chi connectivity index (χ1n) is 6.16. The number of fused-ring (bicyclic) bond motifs is 1. The lowest BCUT2D eigenvalue weighted by Crippen LogP contribution is -2.56. The average Bonchev–Trinajstić information content (AvgIpc) is 2.67. The second kappa shape index (κ2) is 4.47. The fraction of sp³-hybridized carbons (Fsp3) is 0.462. The van der Waals surface area contributed by atoms with Gasteiger partial charge in [-0.1, -0.05) is 19.1 Å². The SMILES string of the molecule is CCN(Cc1nc2ccccc2o1)C1CNC1. The number of hydrogen-bond acceptors (Lipinski definition) is 4. The highest BCUT2D eigenvalue weighted by molar-refractivity contribution is 5.72. The molecular formula is C13H17N3O. The number of nitrogens with zero attached hydrogens (tertiary/aromatic N) is 2. The molecule has 1 aromatic carbocycles. The zero-order chi connectivity index (χ0) is 11.7. The number of benzene rings is 1. The van der Waals surface area contributed by atoms with Gasteiger partial charge in [0.1, 0.15) is 5.52 Å². The summed E-state index contributed by atoms with van der Waals surface area (Å²) in [6, 6.07) is 8.55. The molecule has 3 rings (SSSR count). The first kappa shape index (κ1) is 10.7. The standard InChI is InChI=1S/C13H17N3O/c1-2-16(10-7-14-8-10)9-13-15-11-5-3-4-6-12(11)17-13/h3-6,10,14H,2,7-9H2,1H3. The van der Waals surface area contributed by atoms with Crippen molar-refractivity contribution in [2.75, 3.05) is 19.6 Å². The van der Waals surface area contributed by atoms with Crippen molar-refractivity contribution in [1.29, 1.82) is 0 Å². The fourth-order valence-electron chi connectivity index (χ4n) is 2.19. The van der Waals surface area contributed by atoms with Gasteiger partial charge in [0.2, 0.25) is 5.89 Å². The van der Waals surface area contributed by atoms with Crippen molar-refractivity contribution >= 4 is 11.1 Å². The first-order chi connectivity index (χ1) is 8.36. The van der Waals surface area contributed by atoms with E-state index < -0.39 is 0 Å². The second-order valence-corrected chi connectivity index (χ2v) is 4.45. The van der Waals surface area contributed by atoms with E-state index in [0.717, 1.165) is 43.2 Å². The van der Waals surface area contributed by atoms with Gasteiger partial charge in [-0.2, -0.15) is 0 Å². The van der Waals surface area contributed by atoms with Gasteiger partial charge in [-0.3, -0.25) is 4.90 Å². The van der Waals surface area contributed by atoms with E-state index in [9.17, 15) is 0 Å². The van der Waals surface area contributed by atoms with E-state index in [0.29, 0.717) is 6.04 Å². The van der Waals surface area contributed by atoms with Gasteiger partial charge in [-0.15, -0.1) is 0 Å². The molecular weight excluding hydrogens is 214 g/mol. The Labute approximate surface area is 101 Å². The number of oxazole rings is 1. The zero-order valence-corrected chi connectivity index (χ0v) is 10.0. The van der Waals surface area contributed by atoms with Crippen molar-refractivity contribution in [3.8, 4) is 0 Å². The fourth-order valence-corrected chi connectivity index (χ4v) is 2.19. The summed E-state index contributed by atoms with van der Waals surface area (Å²) >= 11 is 0. The van der Waals surface area contributed by atoms with Crippen LogP contribution in [0.25, 0.3) is 11.1 Å². The summed E-state index contributed by atoms with van der Waals surface area (Å²) < 4.78 is 5.75. The van der Waals surface area contributed by atoms with Crippen LogP contribution in [0, 0.1) is 0 Å². The Kier molecular flexibility index (Phi) is 2.82. The van der Waals surface area contributed by atoms with Crippen LogP contribution in [0.1, 0.15) is 12.8 Å². The summed E-state index contributed by atoms with van der Waals surface area (Å²) in [4.78, 5) is 6.92. The minimum atomic E-state index is 0.634. The highest BCUT2D eigenvalue weighted by atomic mass is 16.3. The molecule has 0 spiro atoms. The molecule has 0 amide bonds. The van der Waals surface area contributed by atoms with Gasteiger partial charge in [-0.05, 0) is 18.7 Å². The number of rotatable bonds is 4. The first-order valence-corrected chi connectivity index (χ1v) is 6.16. The molecule has 0 aliphatic carbocycles. The third kappa shape index (κ3) is 2.06. The maximum atomic E-state index is 5.75. The molecule has 90 valence electrons. The number of para-hydroxylation sites is 2. The Bertz CT molecular complexity index is 471. The quantitative estimate of drug-likeness (QED) is 0.868. The molecule has 0 radical (unpaired) electrons. The van der Waals surface area contributed by atoms with E-state index in [2.05, 4.69) is 22.1 Å². The van der Waals surface area contributed by atoms with Crippen molar-refractivity contribution in [3.63, 3.8) is 0 Å². The number of nitrogens with one attached hydrogen (secondary N) is 1. The van der Waals surface area contributed by atoms with Crippen LogP contribution in [0.15, 0.2) is 28.7 Å². The van der Waals surface area contributed by atoms with Crippen LogP contribution in [-0.4, -0.2) is 35.6 Å². The highest BCUT2D eigenvalue weighted by Gasteiger charge is 2.24. The van der Waals surface area contributed by atoms with Gasteiger partial charge in [0, 0.05) is 19.1 Å². The van der Waals surface area contributed by atoms with Crippen LogP contribution in [0.3, 0.4) is 0 Å². The molecule has 1 aromatic heterocycles. The molecule has 4 nitrogen and oxygen atoms in total. The third-order valence-corrected chi connectivity index (χ3v) is 3.36. The van der Waals surface area contributed by atoms with Crippen molar-refractivity contribution < 1.29 is 4.42 Å². The topological polar surface area (TPSA) is 41.3 Å². The van der Waals surface area contributed by atoms with E-state index in [4.69, 9.17) is 4.42 Å². The minimum Gasteiger partial charge on any atom is -0.439 e. The van der Waals surface area contributed by atoms with E-state index in [1.807, 2.05) is 24.3 Å². The molecule has 2 aromatic rings. The maximum absolute atomic E-state index is 5.75. The Hall–Kier alpha value is -1.39. The van der Waals surface area contributed by atoms with Gasteiger partial charge < -0.3 is 9.73 Å². The Morgan fingerprint density at radius 1 is 1.41 bits per heavy atom. The lowest BCUT2D eigenvalue weighted by Gasteiger charge is -2.36. The van der Waals surface area contributed by atoms with E-state index >= 15 is 0 Å². The Morgan fingerprint density at radius 2 is 2.24 bits per heavy atom. The summed E-state index contributed by atoms with van der Waals surface area (Å²) in [7, 11) is 0. The summed E-state index contributed by atoms with van der Waals surface area (Å²) in [5.74, 6) is 0.819. The van der Waals surface area contributed by atoms with Gasteiger partial charge in [0.05, 0.1) is 6.54 Å². The molecule has 0 saturated carbocycles. The molecule has 0 atom stereocenters. The Balaban J connectivity index is 1.78. The van der Waals surface area contributed by atoms with E-state index in [1.54, 1.807) is 0 Å². The summed E-state index contributed by atoms with van der Waals surface area (Å²) in [6.07, 6.45) is 0. The predicted molar refractivity (Wildman–Crippen MR) is 66.8 cm³/mol. The number of likely N-dealkylation sites (N-methyl/N-ethyl adjacent to an activating group) is 1. The van der Waals surface area contributed by atoms with Gasteiger partial charge in [0.25, 0.3) is 0 Å². The summed E-state index contributed by atoms with van der Waals surface area (Å²) in [6.45, 7) is 6.17. The Morgan fingerprint density at radius 3 is 2.88 bits per heavy atom. The highest BCUT2D eigenvalue weighted by Crippen LogP contribution is 2.17. The summed E-state index contributed by atoms with van der Waals surface area (Å²) in [5.41, 5.74) is 1.83. The van der Waals surface area contributed by atoms with Gasteiger partial charge in [-0.25, -0.2) is 4.98 Å². The van der Waals surface area contributed by atoms with Crippen LogP contribution in [-0.2, 0) is 6.54 Å². The smallest absolute Gasteiger partial charge is 0.209 e. The lowest BCUT2D eigenvalue weighted by molar-refractivity contribution is 0.134. The van der Waals surface area contributed by atoms with Crippen LogP contribution in [0.4, 0.5) is 0 Å². The molecule has 17 heavy (non-hydrogen) atoms. The molecule has 0 unspecified atom stereocenters. The number of aromatic nitrogens is 1. The molecule has 1 aliphatic heterocycles. The van der Waals surface area contributed by atoms with Crippen LogP contribution in [0.5, 0.6) is 0 Å².